The number of piperazine rings is 1. The topological polar surface area (TPSA) is 99.8 Å². The van der Waals surface area contributed by atoms with Crippen molar-refractivity contribution in [3.63, 3.8) is 0 Å². The molecule has 1 unspecified atom stereocenters. The van der Waals surface area contributed by atoms with Crippen LogP contribution < -0.4 is 4.90 Å². The van der Waals surface area contributed by atoms with Gasteiger partial charge in [0.1, 0.15) is 0 Å². The second-order valence-electron chi connectivity index (χ2n) is 4.20. The number of aliphatic hydroxyl groups is 1. The van der Waals surface area contributed by atoms with Crippen molar-refractivity contribution < 1.29 is 14.8 Å². The predicted octanol–water partition coefficient (Wildman–Crippen LogP) is -0.371. The molecule has 0 aliphatic carbocycles. The summed E-state index contributed by atoms with van der Waals surface area (Å²) in [6.07, 6.45) is 0.907. The molecule has 0 radical (unpaired) electrons. The molecule has 1 saturated heterocycles. The fourth-order valence-corrected chi connectivity index (χ4v) is 2.00. The summed E-state index contributed by atoms with van der Waals surface area (Å²) >= 11 is 0. The highest BCUT2D eigenvalue weighted by molar-refractivity contribution is 5.55. The molecule has 1 fully saturated rings. The van der Waals surface area contributed by atoms with Crippen molar-refractivity contribution in [2.24, 2.45) is 0 Å². The Morgan fingerprint density at radius 2 is 2.05 bits per heavy atom. The third-order valence-electron chi connectivity index (χ3n) is 3.09. The van der Waals surface area contributed by atoms with Crippen molar-refractivity contribution in [2.45, 2.75) is 6.23 Å². The van der Waals surface area contributed by atoms with Gasteiger partial charge < -0.3 is 20.1 Å². The second kappa shape index (κ2) is 5.72. The largest absolute Gasteiger partial charge is 0.371 e. The second-order valence-corrected chi connectivity index (χ2v) is 4.20. The number of aliphatic hydroxyl groups excluding tert-OH is 1. The first kappa shape index (κ1) is 13.4. The number of aromatic nitrogens is 1. The third-order valence-corrected chi connectivity index (χ3v) is 3.09. The van der Waals surface area contributed by atoms with E-state index in [1.54, 1.807) is 11.0 Å². The Hall–Kier alpha value is -2.06. The maximum absolute atomic E-state index is 10.5. The molecule has 0 bridgehead atoms. The van der Waals surface area contributed by atoms with Crippen LogP contribution in [0.1, 0.15) is 0 Å². The molecule has 1 aromatic rings. The minimum absolute atomic E-state index is 0.182. The lowest BCUT2D eigenvalue weighted by atomic mass is 10.2. The van der Waals surface area contributed by atoms with Crippen LogP contribution in [0, 0.1) is 10.1 Å². The molecule has 2 heterocycles. The normalized spacial score (nSPS) is 18.1. The number of pyridine rings is 1. The highest BCUT2D eigenvalue weighted by atomic mass is 16.6. The van der Waals surface area contributed by atoms with Gasteiger partial charge in [-0.3, -0.25) is 9.69 Å². The van der Waals surface area contributed by atoms with E-state index in [9.17, 15) is 20.0 Å². The molecule has 8 heteroatoms. The fraction of sp³-hybridized carbons (Fsp3) is 0.455. The molecule has 0 spiro atoms. The lowest BCUT2D eigenvalue weighted by Gasteiger charge is -2.36. The summed E-state index contributed by atoms with van der Waals surface area (Å²) < 4.78 is 0. The molecular weight excluding hydrogens is 252 g/mol. The third kappa shape index (κ3) is 3.04. The molecule has 8 nitrogen and oxygen atoms in total. The van der Waals surface area contributed by atoms with Crippen LogP contribution in [0.3, 0.4) is 0 Å². The number of anilines is 1. The zero-order chi connectivity index (χ0) is 13.8. The molecule has 2 rings (SSSR count). The standard InChI is InChI=1S/C11H14N4O4/c16-8-11(17)14-5-3-13(4-6-14)9-1-2-10(12-7-9)15(18)19/h1-2,7-8,11,17H,3-6H2. The van der Waals surface area contributed by atoms with Gasteiger partial charge in [0.05, 0.1) is 5.69 Å². The number of nitro groups is 1. The van der Waals surface area contributed by atoms with E-state index in [2.05, 4.69) is 4.98 Å². The summed E-state index contributed by atoms with van der Waals surface area (Å²) in [6, 6.07) is 3.01. The summed E-state index contributed by atoms with van der Waals surface area (Å²) in [5, 5.41) is 19.9. The van der Waals surface area contributed by atoms with Crippen LogP contribution in [-0.2, 0) is 4.79 Å². The molecule has 1 aliphatic rings. The van der Waals surface area contributed by atoms with Gasteiger partial charge in [-0.1, -0.05) is 0 Å². The quantitative estimate of drug-likeness (QED) is 0.451. The summed E-state index contributed by atoms with van der Waals surface area (Å²) in [6.45, 7) is 2.36. The Kier molecular flexibility index (Phi) is 4.03. The first-order valence-corrected chi connectivity index (χ1v) is 5.84. The van der Waals surface area contributed by atoms with Gasteiger partial charge in [0, 0.05) is 32.2 Å². The van der Waals surface area contributed by atoms with Gasteiger partial charge in [-0.25, -0.2) is 0 Å². The molecule has 0 aromatic carbocycles. The summed E-state index contributed by atoms with van der Waals surface area (Å²) in [4.78, 5) is 27.9. The van der Waals surface area contributed by atoms with Crippen LogP contribution in [0.2, 0.25) is 0 Å². The van der Waals surface area contributed by atoms with Crippen molar-refractivity contribution in [1.29, 1.82) is 0 Å². The van der Waals surface area contributed by atoms with Gasteiger partial charge in [0.25, 0.3) is 0 Å². The van der Waals surface area contributed by atoms with Crippen molar-refractivity contribution in [3.05, 3.63) is 28.4 Å². The lowest BCUT2D eigenvalue weighted by molar-refractivity contribution is -0.389. The highest BCUT2D eigenvalue weighted by Crippen LogP contribution is 2.18. The number of hydrogen-bond donors (Lipinski definition) is 1. The Bertz CT molecular complexity index is 456. The lowest BCUT2D eigenvalue weighted by Crippen LogP contribution is -2.50. The van der Waals surface area contributed by atoms with Crippen LogP contribution in [-0.4, -0.2) is 58.6 Å². The highest BCUT2D eigenvalue weighted by Gasteiger charge is 2.22. The monoisotopic (exact) mass is 266 g/mol. The number of carbonyl (C=O) groups excluding carboxylic acids is 1. The van der Waals surface area contributed by atoms with Gasteiger partial charge in [-0.2, -0.15) is 0 Å². The van der Waals surface area contributed by atoms with Gasteiger partial charge in [0.15, 0.2) is 18.7 Å². The number of carbonyl (C=O) groups is 1. The average Bonchev–Trinajstić information content (AvgIpc) is 2.46. The van der Waals surface area contributed by atoms with Crippen molar-refractivity contribution in [2.75, 3.05) is 31.1 Å². The minimum atomic E-state index is -1.06. The van der Waals surface area contributed by atoms with E-state index in [0.29, 0.717) is 32.5 Å². The molecule has 19 heavy (non-hydrogen) atoms. The van der Waals surface area contributed by atoms with E-state index in [4.69, 9.17) is 0 Å². The Morgan fingerprint density at radius 3 is 2.53 bits per heavy atom. The molecule has 0 amide bonds. The van der Waals surface area contributed by atoms with Gasteiger partial charge >= 0.3 is 5.82 Å². The molecular formula is C11H14N4O4. The fourth-order valence-electron chi connectivity index (χ4n) is 2.00. The maximum Gasteiger partial charge on any atom is 0.363 e. The van der Waals surface area contributed by atoms with Crippen molar-refractivity contribution in [3.8, 4) is 0 Å². The zero-order valence-corrected chi connectivity index (χ0v) is 10.2. The summed E-state index contributed by atoms with van der Waals surface area (Å²) in [7, 11) is 0. The van der Waals surface area contributed by atoms with E-state index in [1.807, 2.05) is 4.90 Å². The Morgan fingerprint density at radius 1 is 1.37 bits per heavy atom. The molecule has 102 valence electrons. The zero-order valence-electron chi connectivity index (χ0n) is 10.2. The van der Waals surface area contributed by atoms with E-state index >= 15 is 0 Å². The van der Waals surface area contributed by atoms with Crippen molar-refractivity contribution >= 4 is 17.8 Å². The van der Waals surface area contributed by atoms with Crippen LogP contribution in [0.25, 0.3) is 0 Å². The average molecular weight is 266 g/mol. The Balaban J connectivity index is 1.97. The molecule has 0 saturated carbocycles. The van der Waals surface area contributed by atoms with E-state index in [0.717, 1.165) is 5.69 Å². The van der Waals surface area contributed by atoms with Gasteiger partial charge in [-0.15, -0.1) is 0 Å². The van der Waals surface area contributed by atoms with E-state index in [-0.39, 0.29) is 5.82 Å². The molecule has 1 N–H and O–H groups in total. The Labute approximate surface area is 109 Å². The van der Waals surface area contributed by atoms with Gasteiger partial charge in [-0.05, 0) is 16.0 Å². The number of aldehydes is 1. The maximum atomic E-state index is 10.5. The summed E-state index contributed by atoms with van der Waals surface area (Å²) in [5.74, 6) is -0.182. The first-order chi connectivity index (χ1) is 9.11. The van der Waals surface area contributed by atoms with Crippen LogP contribution in [0.4, 0.5) is 11.5 Å². The van der Waals surface area contributed by atoms with Crippen LogP contribution in [0.5, 0.6) is 0 Å². The predicted molar refractivity (Wildman–Crippen MR) is 66.7 cm³/mol. The van der Waals surface area contributed by atoms with E-state index in [1.165, 1.54) is 12.3 Å². The number of rotatable bonds is 4. The molecule has 1 atom stereocenters. The first-order valence-electron chi connectivity index (χ1n) is 5.84. The van der Waals surface area contributed by atoms with Gasteiger partial charge in [0.2, 0.25) is 0 Å². The molecule has 1 aromatic heterocycles. The summed E-state index contributed by atoms with van der Waals surface area (Å²) in [5.41, 5.74) is 0.797. The smallest absolute Gasteiger partial charge is 0.363 e. The van der Waals surface area contributed by atoms with Crippen LogP contribution in [0.15, 0.2) is 18.3 Å². The number of hydrogen-bond acceptors (Lipinski definition) is 7. The molecule has 1 aliphatic heterocycles. The van der Waals surface area contributed by atoms with Crippen LogP contribution >= 0.6 is 0 Å². The SMILES string of the molecule is O=CC(O)N1CCN(c2ccc([N+](=O)[O-])nc2)CC1. The minimum Gasteiger partial charge on any atom is -0.371 e. The van der Waals surface area contributed by atoms with Crippen molar-refractivity contribution in [1.82, 2.24) is 9.88 Å². The number of nitrogens with zero attached hydrogens (tertiary/aromatic N) is 4. The van der Waals surface area contributed by atoms with E-state index < -0.39 is 11.2 Å².